The van der Waals surface area contributed by atoms with Gasteiger partial charge in [0.2, 0.25) is 0 Å². The first-order valence-electron chi connectivity index (χ1n) is 11.3. The third-order valence-corrected chi connectivity index (χ3v) is 6.16. The van der Waals surface area contributed by atoms with Crippen molar-refractivity contribution >= 4 is 17.4 Å². The maximum Gasteiger partial charge on any atom is 0.295 e. The summed E-state index contributed by atoms with van der Waals surface area (Å²) in [5, 5.41) is 11.2. The van der Waals surface area contributed by atoms with Crippen LogP contribution in [0.25, 0.3) is 5.76 Å². The minimum absolute atomic E-state index is 0.0628. The van der Waals surface area contributed by atoms with E-state index in [0.29, 0.717) is 34.8 Å². The van der Waals surface area contributed by atoms with E-state index >= 15 is 0 Å². The summed E-state index contributed by atoms with van der Waals surface area (Å²) < 4.78 is 29.5. The standard InChI is InChI=1S/C28H26FNO6/c1-34-21-6-4-5-19(16-21)26(31)24-25(18-8-10-20(29)11-9-18)30(28(33)27(24)32)14-13-17-7-12-22(35-2)23(15-17)36-3/h4-12,15-16,25,31H,13-14H2,1-3H3/t25-/m1/s1. The molecule has 0 unspecified atom stereocenters. The van der Waals surface area contributed by atoms with Gasteiger partial charge in [-0.2, -0.15) is 0 Å². The highest BCUT2D eigenvalue weighted by Gasteiger charge is 2.45. The number of carbonyl (C=O) groups is 2. The number of nitrogens with zero attached hydrogens (tertiary/aromatic N) is 1. The van der Waals surface area contributed by atoms with Gasteiger partial charge in [-0.15, -0.1) is 0 Å². The van der Waals surface area contributed by atoms with Crippen LogP contribution in [0.4, 0.5) is 4.39 Å². The summed E-state index contributed by atoms with van der Waals surface area (Å²) in [4.78, 5) is 27.7. The number of carbonyl (C=O) groups excluding carboxylic acids is 2. The molecule has 1 saturated heterocycles. The maximum atomic E-state index is 13.7. The molecule has 0 saturated carbocycles. The number of halogens is 1. The predicted molar refractivity (Wildman–Crippen MR) is 132 cm³/mol. The summed E-state index contributed by atoms with van der Waals surface area (Å²) in [6.07, 6.45) is 0.407. The van der Waals surface area contributed by atoms with Gasteiger partial charge in [0.15, 0.2) is 11.5 Å². The third-order valence-electron chi connectivity index (χ3n) is 6.16. The summed E-state index contributed by atoms with van der Waals surface area (Å²) in [5.41, 5.74) is 1.64. The second-order valence-electron chi connectivity index (χ2n) is 8.22. The first kappa shape index (κ1) is 24.8. The zero-order valence-corrected chi connectivity index (χ0v) is 20.2. The number of hydrogen-bond acceptors (Lipinski definition) is 6. The number of rotatable bonds is 8. The molecule has 0 radical (unpaired) electrons. The zero-order valence-electron chi connectivity index (χ0n) is 20.2. The SMILES string of the molecule is COc1cccc(C(O)=C2C(=O)C(=O)N(CCc3ccc(OC)c(OC)c3)[C@@H]2c2ccc(F)cc2)c1. The average Bonchev–Trinajstić information content (AvgIpc) is 3.16. The minimum Gasteiger partial charge on any atom is -0.507 e. The van der Waals surface area contributed by atoms with Crippen molar-refractivity contribution < 1.29 is 33.3 Å². The zero-order chi connectivity index (χ0) is 25.8. The summed E-state index contributed by atoms with van der Waals surface area (Å²) >= 11 is 0. The van der Waals surface area contributed by atoms with E-state index in [1.54, 1.807) is 43.5 Å². The predicted octanol–water partition coefficient (Wildman–Crippen LogP) is 4.52. The molecule has 1 atom stereocenters. The maximum absolute atomic E-state index is 13.7. The van der Waals surface area contributed by atoms with Gasteiger partial charge in [-0.3, -0.25) is 9.59 Å². The molecule has 4 rings (SSSR count). The Bertz CT molecular complexity index is 1320. The van der Waals surface area contributed by atoms with E-state index in [9.17, 15) is 19.1 Å². The molecule has 0 spiro atoms. The van der Waals surface area contributed by atoms with Crippen molar-refractivity contribution in [2.75, 3.05) is 27.9 Å². The summed E-state index contributed by atoms with van der Waals surface area (Å²) in [5.74, 6) is -0.716. The largest absolute Gasteiger partial charge is 0.507 e. The average molecular weight is 492 g/mol. The molecule has 7 nitrogen and oxygen atoms in total. The summed E-state index contributed by atoms with van der Waals surface area (Å²) in [6, 6.07) is 16.6. The van der Waals surface area contributed by atoms with Crippen LogP contribution in [0.5, 0.6) is 17.2 Å². The lowest BCUT2D eigenvalue weighted by atomic mass is 9.95. The Morgan fingerprint density at radius 2 is 1.64 bits per heavy atom. The number of benzene rings is 3. The van der Waals surface area contributed by atoms with Crippen molar-refractivity contribution in [3.8, 4) is 17.2 Å². The molecular weight excluding hydrogens is 465 g/mol. The Balaban J connectivity index is 1.75. The van der Waals surface area contributed by atoms with Gasteiger partial charge >= 0.3 is 0 Å². The molecule has 8 heteroatoms. The van der Waals surface area contributed by atoms with E-state index in [4.69, 9.17) is 14.2 Å². The van der Waals surface area contributed by atoms with E-state index in [1.807, 2.05) is 6.07 Å². The number of ether oxygens (including phenoxy) is 3. The quantitative estimate of drug-likeness (QED) is 0.283. The first-order chi connectivity index (χ1) is 17.4. The van der Waals surface area contributed by atoms with Crippen molar-refractivity contribution in [3.05, 3.63) is 94.8 Å². The van der Waals surface area contributed by atoms with Crippen LogP contribution in [0, 0.1) is 5.82 Å². The van der Waals surface area contributed by atoms with Crippen LogP contribution in [0.15, 0.2) is 72.3 Å². The number of methoxy groups -OCH3 is 3. The van der Waals surface area contributed by atoms with Crippen LogP contribution in [0.2, 0.25) is 0 Å². The molecule has 1 aliphatic heterocycles. The molecule has 3 aromatic rings. The van der Waals surface area contributed by atoms with E-state index in [-0.39, 0.29) is 17.9 Å². The van der Waals surface area contributed by atoms with Gasteiger partial charge in [0.1, 0.15) is 17.3 Å². The number of aliphatic hydroxyl groups excluding tert-OH is 1. The van der Waals surface area contributed by atoms with Gasteiger partial charge in [-0.25, -0.2) is 4.39 Å². The smallest absolute Gasteiger partial charge is 0.295 e. The number of hydrogen-bond donors (Lipinski definition) is 1. The topological polar surface area (TPSA) is 85.3 Å². The number of likely N-dealkylation sites (tertiary alicyclic amines) is 1. The van der Waals surface area contributed by atoms with Crippen LogP contribution >= 0.6 is 0 Å². The minimum atomic E-state index is -0.892. The van der Waals surface area contributed by atoms with Crippen LogP contribution in [-0.2, 0) is 16.0 Å². The normalized spacial score (nSPS) is 16.8. The van der Waals surface area contributed by atoms with E-state index in [0.717, 1.165) is 5.56 Å². The Labute approximate surface area is 208 Å². The monoisotopic (exact) mass is 491 g/mol. The highest BCUT2D eigenvalue weighted by molar-refractivity contribution is 6.46. The molecule has 1 N–H and O–H groups in total. The Morgan fingerprint density at radius 1 is 0.917 bits per heavy atom. The molecule has 1 amide bonds. The van der Waals surface area contributed by atoms with Gasteiger partial charge in [0.25, 0.3) is 11.7 Å². The molecule has 0 bridgehead atoms. The number of aliphatic hydroxyl groups is 1. The molecule has 3 aromatic carbocycles. The van der Waals surface area contributed by atoms with Crippen LogP contribution in [0.3, 0.4) is 0 Å². The lowest BCUT2D eigenvalue weighted by Gasteiger charge is -2.25. The highest BCUT2D eigenvalue weighted by Crippen LogP contribution is 2.40. The van der Waals surface area contributed by atoms with E-state index < -0.39 is 23.5 Å². The van der Waals surface area contributed by atoms with Crippen LogP contribution in [0.1, 0.15) is 22.7 Å². The molecule has 36 heavy (non-hydrogen) atoms. The lowest BCUT2D eigenvalue weighted by molar-refractivity contribution is -0.139. The van der Waals surface area contributed by atoms with Crippen LogP contribution in [-0.4, -0.2) is 49.6 Å². The van der Waals surface area contributed by atoms with Gasteiger partial charge in [-0.1, -0.05) is 30.3 Å². The van der Waals surface area contributed by atoms with Crippen molar-refractivity contribution in [2.45, 2.75) is 12.5 Å². The van der Waals surface area contributed by atoms with Crippen molar-refractivity contribution in [2.24, 2.45) is 0 Å². The summed E-state index contributed by atoms with van der Waals surface area (Å²) in [7, 11) is 4.57. The number of amides is 1. The second kappa shape index (κ2) is 10.5. The van der Waals surface area contributed by atoms with E-state index in [2.05, 4.69) is 0 Å². The second-order valence-corrected chi connectivity index (χ2v) is 8.22. The fourth-order valence-electron chi connectivity index (χ4n) is 4.31. The molecule has 0 aliphatic carbocycles. The highest BCUT2D eigenvalue weighted by atomic mass is 19.1. The molecule has 1 fully saturated rings. The first-order valence-corrected chi connectivity index (χ1v) is 11.3. The summed E-state index contributed by atoms with van der Waals surface area (Å²) in [6.45, 7) is 0.178. The van der Waals surface area contributed by atoms with Gasteiger partial charge in [-0.05, 0) is 53.9 Å². The third kappa shape index (κ3) is 4.75. The molecule has 0 aromatic heterocycles. The van der Waals surface area contributed by atoms with Gasteiger partial charge in [0, 0.05) is 12.1 Å². The Kier molecular flexibility index (Phi) is 7.24. The van der Waals surface area contributed by atoms with Crippen molar-refractivity contribution in [1.82, 2.24) is 4.90 Å². The Hall–Kier alpha value is -4.33. The van der Waals surface area contributed by atoms with E-state index in [1.165, 1.54) is 43.4 Å². The number of ketones is 1. The molecule has 1 heterocycles. The van der Waals surface area contributed by atoms with Crippen LogP contribution < -0.4 is 14.2 Å². The van der Waals surface area contributed by atoms with Crippen molar-refractivity contribution in [3.63, 3.8) is 0 Å². The number of Topliss-reactive ketones (excluding diaryl/α,β-unsaturated/α-hetero) is 1. The molecule has 186 valence electrons. The fraction of sp³-hybridized carbons (Fsp3) is 0.214. The van der Waals surface area contributed by atoms with Gasteiger partial charge in [0.05, 0.1) is 32.9 Å². The molecule has 1 aliphatic rings. The molecular formula is C28H26FNO6. The fourth-order valence-corrected chi connectivity index (χ4v) is 4.31. The van der Waals surface area contributed by atoms with Crippen molar-refractivity contribution in [1.29, 1.82) is 0 Å². The Morgan fingerprint density at radius 3 is 2.31 bits per heavy atom. The van der Waals surface area contributed by atoms with Gasteiger partial charge < -0.3 is 24.2 Å². The lowest BCUT2D eigenvalue weighted by Crippen LogP contribution is -2.31.